The van der Waals surface area contributed by atoms with Crippen molar-refractivity contribution in [2.75, 3.05) is 28.6 Å². The first kappa shape index (κ1) is 21.5. The summed E-state index contributed by atoms with van der Waals surface area (Å²) in [6, 6.07) is 13.6. The van der Waals surface area contributed by atoms with E-state index in [1.807, 2.05) is 43.3 Å². The van der Waals surface area contributed by atoms with E-state index in [0.29, 0.717) is 11.6 Å². The molecule has 0 fully saturated rings. The second-order valence-electron chi connectivity index (χ2n) is 7.22. The highest BCUT2D eigenvalue weighted by atomic mass is 16.2. The molecule has 5 heteroatoms. The second kappa shape index (κ2) is 9.93. The van der Waals surface area contributed by atoms with Crippen molar-refractivity contribution in [3.63, 3.8) is 0 Å². The van der Waals surface area contributed by atoms with Crippen LogP contribution in [0.5, 0.6) is 0 Å². The molecule has 5 nitrogen and oxygen atoms in total. The van der Waals surface area contributed by atoms with Crippen LogP contribution in [0, 0.1) is 6.92 Å². The summed E-state index contributed by atoms with van der Waals surface area (Å²) in [4.78, 5) is 26.7. The van der Waals surface area contributed by atoms with Crippen molar-refractivity contribution >= 4 is 28.9 Å². The Hall–Kier alpha value is -2.82. The van der Waals surface area contributed by atoms with Crippen LogP contribution in [0.2, 0.25) is 0 Å². The lowest BCUT2D eigenvalue weighted by molar-refractivity contribution is -0.123. The van der Waals surface area contributed by atoms with Crippen LogP contribution >= 0.6 is 0 Å². The molecule has 0 aliphatic heterocycles. The van der Waals surface area contributed by atoms with Crippen molar-refractivity contribution < 1.29 is 9.59 Å². The summed E-state index contributed by atoms with van der Waals surface area (Å²) in [5.74, 6) is -0.214. The van der Waals surface area contributed by atoms with Gasteiger partial charge < -0.3 is 15.5 Å². The molecule has 0 saturated heterocycles. The molecule has 0 radical (unpaired) electrons. The molecular formula is C23H31N3O2. The van der Waals surface area contributed by atoms with Gasteiger partial charge in [-0.1, -0.05) is 26.0 Å². The van der Waals surface area contributed by atoms with E-state index in [0.717, 1.165) is 30.0 Å². The number of nitrogens with zero attached hydrogens (tertiary/aromatic N) is 1. The van der Waals surface area contributed by atoms with E-state index in [1.54, 1.807) is 0 Å². The van der Waals surface area contributed by atoms with Crippen LogP contribution in [-0.4, -0.2) is 24.9 Å². The van der Waals surface area contributed by atoms with Crippen molar-refractivity contribution in [1.82, 2.24) is 0 Å². The maximum Gasteiger partial charge on any atom is 0.233 e. The molecule has 2 rings (SSSR count). The minimum atomic E-state index is -0.327. The van der Waals surface area contributed by atoms with Gasteiger partial charge in [0.2, 0.25) is 11.8 Å². The highest BCUT2D eigenvalue weighted by Gasteiger charge is 2.12. The van der Waals surface area contributed by atoms with Gasteiger partial charge in [0.1, 0.15) is 6.42 Å². The molecule has 2 aromatic rings. The Balaban J connectivity index is 1.93. The van der Waals surface area contributed by atoms with Crippen LogP contribution in [-0.2, 0) is 9.59 Å². The molecule has 150 valence electrons. The topological polar surface area (TPSA) is 61.4 Å². The Morgan fingerprint density at radius 2 is 1.54 bits per heavy atom. The maximum absolute atomic E-state index is 12.3. The normalized spacial score (nSPS) is 10.6. The number of aryl methyl sites for hydroxylation is 1. The fraction of sp³-hybridized carbons (Fsp3) is 0.391. The second-order valence-corrected chi connectivity index (χ2v) is 7.22. The molecular weight excluding hydrogens is 350 g/mol. The fourth-order valence-corrected chi connectivity index (χ4v) is 3.07. The quantitative estimate of drug-likeness (QED) is 0.637. The lowest BCUT2D eigenvalue weighted by atomic mass is 10.0. The molecule has 2 N–H and O–H groups in total. The Morgan fingerprint density at radius 1 is 0.929 bits per heavy atom. The summed E-state index contributed by atoms with van der Waals surface area (Å²) in [5.41, 5.74) is 4.74. The van der Waals surface area contributed by atoms with Crippen LogP contribution in [0.3, 0.4) is 0 Å². The minimum absolute atomic E-state index is 0.219. The largest absolute Gasteiger partial charge is 0.372 e. The van der Waals surface area contributed by atoms with E-state index in [-0.39, 0.29) is 18.2 Å². The summed E-state index contributed by atoms with van der Waals surface area (Å²) >= 11 is 0. The van der Waals surface area contributed by atoms with Gasteiger partial charge in [-0.2, -0.15) is 0 Å². The first-order valence-corrected chi connectivity index (χ1v) is 9.89. The highest BCUT2D eigenvalue weighted by Crippen LogP contribution is 2.23. The van der Waals surface area contributed by atoms with Crippen molar-refractivity contribution in [1.29, 1.82) is 0 Å². The molecule has 0 aliphatic carbocycles. The Labute approximate surface area is 168 Å². The van der Waals surface area contributed by atoms with Crippen LogP contribution in [0.4, 0.5) is 17.1 Å². The SMILES string of the molecule is CCN(CC)c1ccc(NC(=O)CC(=O)Nc2ccc(C(C)C)cc2)c(C)c1. The number of anilines is 3. The molecule has 0 bridgehead atoms. The van der Waals surface area contributed by atoms with Crippen molar-refractivity contribution in [3.8, 4) is 0 Å². The van der Waals surface area contributed by atoms with Crippen molar-refractivity contribution in [2.24, 2.45) is 0 Å². The van der Waals surface area contributed by atoms with E-state index in [4.69, 9.17) is 0 Å². The summed E-state index contributed by atoms with van der Waals surface area (Å²) in [5, 5.41) is 5.61. The zero-order valence-electron chi connectivity index (χ0n) is 17.5. The third-order valence-electron chi connectivity index (χ3n) is 4.79. The van der Waals surface area contributed by atoms with Crippen molar-refractivity contribution in [2.45, 2.75) is 47.0 Å². The van der Waals surface area contributed by atoms with Gasteiger partial charge >= 0.3 is 0 Å². The third-order valence-corrected chi connectivity index (χ3v) is 4.79. The predicted molar refractivity (Wildman–Crippen MR) is 117 cm³/mol. The van der Waals surface area contributed by atoms with Crippen LogP contribution in [0.25, 0.3) is 0 Å². The Morgan fingerprint density at radius 3 is 2.07 bits per heavy atom. The first-order valence-electron chi connectivity index (χ1n) is 9.89. The van der Waals surface area contributed by atoms with Crippen LogP contribution < -0.4 is 15.5 Å². The smallest absolute Gasteiger partial charge is 0.233 e. The molecule has 0 aromatic heterocycles. The van der Waals surface area contributed by atoms with Gasteiger partial charge in [-0.3, -0.25) is 9.59 Å². The van der Waals surface area contributed by atoms with E-state index in [2.05, 4.69) is 49.3 Å². The van der Waals surface area contributed by atoms with Gasteiger partial charge in [-0.05, 0) is 68.1 Å². The molecule has 0 saturated carbocycles. The predicted octanol–water partition coefficient (Wildman–Crippen LogP) is 4.93. The summed E-state index contributed by atoms with van der Waals surface area (Å²) in [6.07, 6.45) is -0.219. The third kappa shape index (κ3) is 5.84. The zero-order valence-corrected chi connectivity index (χ0v) is 17.5. The molecule has 2 amide bonds. The van der Waals surface area contributed by atoms with Gasteiger partial charge in [0.25, 0.3) is 0 Å². The number of nitrogens with one attached hydrogen (secondary N) is 2. The summed E-state index contributed by atoms with van der Waals surface area (Å²) in [7, 11) is 0. The monoisotopic (exact) mass is 381 g/mol. The fourth-order valence-electron chi connectivity index (χ4n) is 3.07. The lowest BCUT2D eigenvalue weighted by Crippen LogP contribution is -2.23. The van der Waals surface area contributed by atoms with E-state index < -0.39 is 0 Å². The molecule has 28 heavy (non-hydrogen) atoms. The lowest BCUT2D eigenvalue weighted by Gasteiger charge is -2.22. The first-order chi connectivity index (χ1) is 13.3. The zero-order chi connectivity index (χ0) is 20.7. The number of carbonyl (C=O) groups excluding carboxylic acids is 2. The Kier molecular flexibility index (Phi) is 7.61. The van der Waals surface area contributed by atoms with Crippen LogP contribution in [0.15, 0.2) is 42.5 Å². The van der Waals surface area contributed by atoms with Gasteiger partial charge in [-0.15, -0.1) is 0 Å². The van der Waals surface area contributed by atoms with E-state index >= 15 is 0 Å². The molecule has 0 aliphatic rings. The van der Waals surface area contributed by atoms with Crippen molar-refractivity contribution in [3.05, 3.63) is 53.6 Å². The summed E-state index contributed by atoms with van der Waals surface area (Å²) in [6.45, 7) is 12.3. The average Bonchev–Trinajstić information content (AvgIpc) is 2.65. The molecule has 0 unspecified atom stereocenters. The molecule has 0 atom stereocenters. The highest BCUT2D eigenvalue weighted by molar-refractivity contribution is 6.08. The summed E-state index contributed by atoms with van der Waals surface area (Å²) < 4.78 is 0. The number of hydrogen-bond donors (Lipinski definition) is 2. The average molecular weight is 382 g/mol. The van der Waals surface area contributed by atoms with Gasteiger partial charge in [0, 0.05) is 30.2 Å². The number of carbonyl (C=O) groups is 2. The minimum Gasteiger partial charge on any atom is -0.372 e. The van der Waals surface area contributed by atoms with Crippen LogP contribution in [0.1, 0.15) is 51.2 Å². The standard InChI is InChI=1S/C23H31N3O2/c1-6-26(7-2)20-12-13-21(17(5)14-20)25-23(28)15-22(27)24-19-10-8-18(9-11-19)16(3)4/h8-14,16H,6-7,15H2,1-5H3,(H,24,27)(H,25,28). The van der Waals surface area contributed by atoms with E-state index in [1.165, 1.54) is 5.56 Å². The van der Waals surface area contributed by atoms with Gasteiger partial charge in [0.15, 0.2) is 0 Å². The number of amides is 2. The molecule has 0 spiro atoms. The number of hydrogen-bond acceptors (Lipinski definition) is 3. The van der Waals surface area contributed by atoms with Gasteiger partial charge in [0.05, 0.1) is 0 Å². The Bertz CT molecular complexity index is 809. The molecule has 0 heterocycles. The van der Waals surface area contributed by atoms with E-state index in [9.17, 15) is 9.59 Å². The van der Waals surface area contributed by atoms with Gasteiger partial charge in [-0.25, -0.2) is 0 Å². The molecule has 2 aromatic carbocycles. The maximum atomic E-state index is 12.3. The number of rotatable bonds is 8. The number of benzene rings is 2.